The Hall–Kier alpha value is -0.0951. The molecule has 1 saturated heterocycles. The van der Waals surface area contributed by atoms with Gasteiger partial charge in [0.25, 0.3) is 0 Å². The third kappa shape index (κ3) is 4.23. The summed E-state index contributed by atoms with van der Waals surface area (Å²) in [7, 11) is 2.73. The van der Waals surface area contributed by atoms with Gasteiger partial charge < -0.3 is 18.9 Å². The van der Waals surface area contributed by atoms with Crippen molar-refractivity contribution in [2.45, 2.75) is 64.4 Å². The first-order valence-corrected chi connectivity index (χ1v) is 7.05. The molecule has 5 heteroatoms. The number of ether oxygens (including phenoxy) is 4. The predicted molar refractivity (Wildman–Crippen MR) is 73.6 cm³/mol. The Morgan fingerprint density at radius 3 is 2.44 bits per heavy atom. The molecule has 0 bridgehead atoms. The van der Waals surface area contributed by atoms with Gasteiger partial charge in [0.05, 0.1) is 18.7 Å². The highest BCUT2D eigenvalue weighted by atomic mass is 16.6. The molecule has 1 heterocycles. The maximum absolute atomic E-state index is 6.05. The van der Waals surface area contributed by atoms with Crippen LogP contribution in [0.2, 0.25) is 6.32 Å². The van der Waals surface area contributed by atoms with Crippen molar-refractivity contribution in [2.75, 3.05) is 20.3 Å². The molecular weight excluding hydrogens is 231 g/mol. The van der Waals surface area contributed by atoms with E-state index in [9.17, 15) is 0 Å². The summed E-state index contributed by atoms with van der Waals surface area (Å²) in [6.07, 6.45) is 1.28. The molecular formula is C13H27BO4. The molecule has 4 atom stereocenters. The fraction of sp³-hybridized carbons (Fsp3) is 1.00. The number of rotatable bonds is 8. The van der Waals surface area contributed by atoms with Crippen LogP contribution in [0.3, 0.4) is 0 Å². The van der Waals surface area contributed by atoms with Crippen molar-refractivity contribution in [1.29, 1.82) is 0 Å². The van der Waals surface area contributed by atoms with Crippen LogP contribution in [0.5, 0.6) is 0 Å². The van der Waals surface area contributed by atoms with Crippen molar-refractivity contribution >= 4 is 7.28 Å². The van der Waals surface area contributed by atoms with Crippen molar-refractivity contribution < 1.29 is 18.9 Å². The smallest absolute Gasteiger partial charge is 0.161 e. The first-order chi connectivity index (χ1) is 8.63. The molecule has 1 rings (SSSR count). The topological polar surface area (TPSA) is 36.9 Å². The van der Waals surface area contributed by atoms with Gasteiger partial charge in [-0.2, -0.15) is 0 Å². The molecule has 1 unspecified atom stereocenters. The lowest BCUT2D eigenvalue weighted by molar-refractivity contribution is -0.0765. The second-order valence-corrected chi connectivity index (χ2v) is 5.00. The zero-order valence-electron chi connectivity index (χ0n) is 12.3. The summed E-state index contributed by atoms with van der Waals surface area (Å²) in [5, 5.41) is 0. The van der Waals surface area contributed by atoms with Gasteiger partial charge in [0, 0.05) is 13.7 Å². The molecule has 1 fully saturated rings. The van der Waals surface area contributed by atoms with Gasteiger partial charge in [-0.05, 0) is 20.8 Å². The van der Waals surface area contributed by atoms with Gasteiger partial charge in [-0.3, -0.25) is 0 Å². The van der Waals surface area contributed by atoms with E-state index in [0.29, 0.717) is 13.2 Å². The summed E-state index contributed by atoms with van der Waals surface area (Å²) in [6.45, 7) is 9.46. The maximum atomic E-state index is 6.05. The van der Waals surface area contributed by atoms with Gasteiger partial charge in [-0.1, -0.05) is 13.2 Å². The summed E-state index contributed by atoms with van der Waals surface area (Å²) < 4.78 is 23.1. The largest absolute Gasteiger partial charge is 0.377 e. The molecule has 1 aliphatic rings. The third-order valence-electron chi connectivity index (χ3n) is 3.20. The van der Waals surface area contributed by atoms with E-state index in [1.807, 2.05) is 20.8 Å². The normalized spacial score (nSPS) is 32.1. The van der Waals surface area contributed by atoms with E-state index in [1.165, 1.54) is 0 Å². The van der Waals surface area contributed by atoms with Gasteiger partial charge in [0.2, 0.25) is 0 Å². The molecule has 18 heavy (non-hydrogen) atoms. The van der Waals surface area contributed by atoms with Crippen LogP contribution in [0.1, 0.15) is 27.7 Å². The molecule has 106 valence electrons. The minimum absolute atomic E-state index is 0.0182. The SMILES string of the molecule is CCB[C@@H]1O[C@H](COC(C)C)C(OCC)[C@@H]1OC. The molecule has 0 aromatic heterocycles. The zero-order chi connectivity index (χ0) is 13.5. The summed E-state index contributed by atoms with van der Waals surface area (Å²) in [5.41, 5.74) is 0. The van der Waals surface area contributed by atoms with Gasteiger partial charge in [-0.25, -0.2) is 0 Å². The van der Waals surface area contributed by atoms with Crippen LogP contribution in [-0.4, -0.2) is 58.0 Å². The molecule has 0 aliphatic carbocycles. The van der Waals surface area contributed by atoms with Crippen LogP contribution < -0.4 is 0 Å². The summed E-state index contributed by atoms with van der Waals surface area (Å²) in [4.78, 5) is 0. The Kier molecular flexibility index (Phi) is 7.23. The highest BCUT2D eigenvalue weighted by molar-refractivity contribution is 6.37. The quantitative estimate of drug-likeness (QED) is 0.617. The van der Waals surface area contributed by atoms with Crippen LogP contribution in [0.4, 0.5) is 0 Å². The van der Waals surface area contributed by atoms with Crippen LogP contribution in [0, 0.1) is 0 Å². The Balaban J connectivity index is 2.62. The molecule has 0 aromatic carbocycles. The van der Waals surface area contributed by atoms with Gasteiger partial charge in [-0.15, -0.1) is 0 Å². The lowest BCUT2D eigenvalue weighted by Crippen LogP contribution is -2.40. The summed E-state index contributed by atoms with van der Waals surface area (Å²) in [5.74, 6) is 0. The zero-order valence-corrected chi connectivity index (χ0v) is 12.3. The van der Waals surface area contributed by atoms with Crippen molar-refractivity contribution in [3.63, 3.8) is 0 Å². The van der Waals surface area contributed by atoms with E-state index >= 15 is 0 Å². The van der Waals surface area contributed by atoms with Crippen molar-refractivity contribution in [3.05, 3.63) is 0 Å². The predicted octanol–water partition coefficient (Wildman–Crippen LogP) is 1.43. The van der Waals surface area contributed by atoms with Crippen molar-refractivity contribution in [1.82, 2.24) is 0 Å². The number of hydrogen-bond acceptors (Lipinski definition) is 4. The Bertz CT molecular complexity index is 225. The second kappa shape index (κ2) is 8.15. The van der Waals surface area contributed by atoms with Crippen molar-refractivity contribution in [3.8, 4) is 0 Å². The molecule has 0 saturated carbocycles. The van der Waals surface area contributed by atoms with Gasteiger partial charge in [0.15, 0.2) is 7.28 Å². The first kappa shape index (κ1) is 16.0. The second-order valence-electron chi connectivity index (χ2n) is 5.00. The average molecular weight is 258 g/mol. The maximum Gasteiger partial charge on any atom is 0.161 e. The van der Waals surface area contributed by atoms with Crippen molar-refractivity contribution in [2.24, 2.45) is 0 Å². The molecule has 0 N–H and O–H groups in total. The van der Waals surface area contributed by atoms with E-state index < -0.39 is 0 Å². The van der Waals surface area contributed by atoms with E-state index in [-0.39, 0.29) is 30.4 Å². The number of hydrogen-bond donors (Lipinski definition) is 0. The molecule has 4 nitrogen and oxygen atoms in total. The Labute approximate surface area is 112 Å². The fourth-order valence-electron chi connectivity index (χ4n) is 2.42. The number of methoxy groups -OCH3 is 1. The average Bonchev–Trinajstić information content (AvgIpc) is 2.65. The van der Waals surface area contributed by atoms with Crippen LogP contribution in [-0.2, 0) is 18.9 Å². The first-order valence-electron chi connectivity index (χ1n) is 7.05. The Morgan fingerprint density at radius 2 is 1.94 bits per heavy atom. The van der Waals surface area contributed by atoms with Gasteiger partial charge >= 0.3 is 0 Å². The monoisotopic (exact) mass is 258 g/mol. The van der Waals surface area contributed by atoms with E-state index in [4.69, 9.17) is 18.9 Å². The molecule has 0 radical (unpaired) electrons. The van der Waals surface area contributed by atoms with E-state index in [1.54, 1.807) is 7.11 Å². The fourth-order valence-corrected chi connectivity index (χ4v) is 2.42. The van der Waals surface area contributed by atoms with Crippen LogP contribution >= 0.6 is 0 Å². The molecule has 0 aromatic rings. The lowest BCUT2D eigenvalue weighted by atomic mass is 9.67. The van der Waals surface area contributed by atoms with Crippen LogP contribution in [0.15, 0.2) is 0 Å². The molecule has 0 amide bonds. The summed E-state index contributed by atoms with van der Waals surface area (Å²) >= 11 is 0. The van der Waals surface area contributed by atoms with Crippen LogP contribution in [0.25, 0.3) is 0 Å². The highest BCUT2D eigenvalue weighted by Gasteiger charge is 2.45. The van der Waals surface area contributed by atoms with Gasteiger partial charge in [0.1, 0.15) is 18.3 Å². The molecule has 0 spiro atoms. The minimum Gasteiger partial charge on any atom is -0.377 e. The minimum atomic E-state index is -0.0196. The standard InChI is InChI=1S/C13H27BO4/c1-6-14-13-12(15-5)11(16-7-2)10(18-13)8-17-9(3)4/h9-14H,6-8H2,1-5H3/t10-,11?,12+,13-/m1/s1. The Morgan fingerprint density at radius 1 is 1.22 bits per heavy atom. The molecule has 1 aliphatic heterocycles. The highest BCUT2D eigenvalue weighted by Crippen LogP contribution is 2.26. The van der Waals surface area contributed by atoms with E-state index in [2.05, 4.69) is 6.92 Å². The third-order valence-corrected chi connectivity index (χ3v) is 3.20. The van der Waals surface area contributed by atoms with E-state index in [0.717, 1.165) is 13.6 Å². The summed E-state index contributed by atoms with van der Waals surface area (Å²) in [6, 6.07) is 0.123. The lowest BCUT2D eigenvalue weighted by Gasteiger charge is -2.23.